The maximum atomic E-state index is 6.31. The first-order valence-corrected chi connectivity index (χ1v) is 6.80. The van der Waals surface area contributed by atoms with E-state index < -0.39 is 0 Å². The predicted molar refractivity (Wildman–Crippen MR) is 80.0 cm³/mol. The quantitative estimate of drug-likeness (QED) is 0.859. The fraction of sp³-hybridized carbons (Fsp3) is 0.357. The third kappa shape index (κ3) is 2.40. The van der Waals surface area contributed by atoms with E-state index in [1.165, 1.54) is 0 Å². The van der Waals surface area contributed by atoms with Gasteiger partial charge in [-0.3, -0.25) is 0 Å². The monoisotopic (exact) mass is 282 g/mol. The molecular weight excluding hydrogens is 267 g/mol. The fourth-order valence-electron chi connectivity index (χ4n) is 1.92. The standard InChI is InChI=1S/C14H16Cl2N2/c1-4-5-17-14-9(3)6-10-12(16)8(2)7-11(15)13(10)18-14/h6-7H,4-5H2,1-3H3,(H,17,18). The smallest absolute Gasteiger partial charge is 0.129 e. The van der Waals surface area contributed by atoms with E-state index in [1.807, 2.05) is 26.0 Å². The first-order valence-electron chi connectivity index (χ1n) is 6.04. The Labute approximate surface area is 117 Å². The Hall–Kier alpha value is -0.990. The van der Waals surface area contributed by atoms with Gasteiger partial charge in [-0.05, 0) is 43.5 Å². The molecule has 0 saturated carbocycles. The van der Waals surface area contributed by atoms with Crippen molar-refractivity contribution in [2.75, 3.05) is 11.9 Å². The second kappa shape index (κ2) is 5.33. The van der Waals surface area contributed by atoms with E-state index in [0.29, 0.717) is 5.02 Å². The Balaban J connectivity index is 2.64. The number of anilines is 1. The third-order valence-corrected chi connectivity index (χ3v) is 3.70. The molecule has 0 amide bonds. The number of aromatic nitrogens is 1. The molecule has 0 unspecified atom stereocenters. The Kier molecular flexibility index (Phi) is 3.98. The first kappa shape index (κ1) is 13.4. The van der Waals surface area contributed by atoms with E-state index in [4.69, 9.17) is 23.2 Å². The zero-order valence-corrected chi connectivity index (χ0v) is 12.3. The summed E-state index contributed by atoms with van der Waals surface area (Å²) in [4.78, 5) is 4.59. The summed E-state index contributed by atoms with van der Waals surface area (Å²) in [5, 5.41) is 5.59. The van der Waals surface area contributed by atoms with Gasteiger partial charge in [-0.1, -0.05) is 30.1 Å². The van der Waals surface area contributed by atoms with Crippen LogP contribution in [0.2, 0.25) is 10.0 Å². The first-order chi connectivity index (χ1) is 8.54. The van der Waals surface area contributed by atoms with Gasteiger partial charge in [0.1, 0.15) is 5.82 Å². The van der Waals surface area contributed by atoms with Crippen LogP contribution >= 0.6 is 23.2 Å². The molecule has 0 saturated heterocycles. The lowest BCUT2D eigenvalue weighted by Crippen LogP contribution is -2.04. The number of aryl methyl sites for hydroxylation is 2. The topological polar surface area (TPSA) is 24.9 Å². The van der Waals surface area contributed by atoms with Crippen LogP contribution in [0.5, 0.6) is 0 Å². The van der Waals surface area contributed by atoms with Crippen molar-refractivity contribution in [1.82, 2.24) is 4.98 Å². The van der Waals surface area contributed by atoms with Crippen molar-refractivity contribution in [1.29, 1.82) is 0 Å². The summed E-state index contributed by atoms with van der Waals surface area (Å²) in [6, 6.07) is 3.90. The summed E-state index contributed by atoms with van der Waals surface area (Å²) in [6.45, 7) is 7.00. The highest BCUT2D eigenvalue weighted by Gasteiger charge is 2.11. The number of fused-ring (bicyclic) bond motifs is 1. The Morgan fingerprint density at radius 3 is 2.56 bits per heavy atom. The number of hydrogen-bond acceptors (Lipinski definition) is 2. The van der Waals surface area contributed by atoms with Crippen molar-refractivity contribution >= 4 is 39.9 Å². The molecule has 0 aliphatic heterocycles. The van der Waals surface area contributed by atoms with E-state index in [-0.39, 0.29) is 0 Å². The maximum Gasteiger partial charge on any atom is 0.129 e. The highest BCUT2D eigenvalue weighted by molar-refractivity contribution is 6.40. The summed E-state index contributed by atoms with van der Waals surface area (Å²) < 4.78 is 0. The van der Waals surface area contributed by atoms with Crippen molar-refractivity contribution in [2.24, 2.45) is 0 Å². The minimum atomic E-state index is 0.645. The molecule has 1 aromatic heterocycles. The molecule has 1 heterocycles. The molecule has 1 N–H and O–H groups in total. The normalized spacial score (nSPS) is 10.9. The van der Waals surface area contributed by atoms with Crippen molar-refractivity contribution in [2.45, 2.75) is 27.2 Å². The average Bonchev–Trinajstić information content (AvgIpc) is 2.34. The van der Waals surface area contributed by atoms with Gasteiger partial charge in [-0.2, -0.15) is 0 Å². The molecule has 1 aromatic carbocycles. The van der Waals surface area contributed by atoms with Crippen LogP contribution in [0.4, 0.5) is 5.82 Å². The summed E-state index contributed by atoms with van der Waals surface area (Å²) in [7, 11) is 0. The number of nitrogens with zero attached hydrogens (tertiary/aromatic N) is 1. The molecule has 2 nitrogen and oxygen atoms in total. The van der Waals surface area contributed by atoms with Crippen molar-refractivity contribution in [3.8, 4) is 0 Å². The van der Waals surface area contributed by atoms with Gasteiger partial charge in [0.05, 0.1) is 15.6 Å². The molecule has 2 rings (SSSR count). The Morgan fingerprint density at radius 2 is 1.89 bits per heavy atom. The molecule has 0 aliphatic rings. The van der Waals surface area contributed by atoms with Gasteiger partial charge < -0.3 is 5.32 Å². The lowest BCUT2D eigenvalue weighted by atomic mass is 10.1. The molecule has 0 bridgehead atoms. The Morgan fingerprint density at radius 1 is 1.17 bits per heavy atom. The van der Waals surface area contributed by atoms with E-state index in [0.717, 1.165) is 45.8 Å². The van der Waals surface area contributed by atoms with E-state index in [9.17, 15) is 0 Å². The van der Waals surface area contributed by atoms with Crippen LogP contribution in [0.3, 0.4) is 0 Å². The molecule has 0 aliphatic carbocycles. The maximum absolute atomic E-state index is 6.31. The number of nitrogens with one attached hydrogen (secondary N) is 1. The average molecular weight is 283 g/mol. The van der Waals surface area contributed by atoms with Gasteiger partial charge in [-0.25, -0.2) is 4.98 Å². The minimum absolute atomic E-state index is 0.645. The fourth-order valence-corrected chi connectivity index (χ4v) is 2.43. The predicted octanol–water partition coefficient (Wildman–Crippen LogP) is 4.98. The number of pyridine rings is 1. The van der Waals surface area contributed by atoms with Crippen LogP contribution in [0.15, 0.2) is 12.1 Å². The zero-order chi connectivity index (χ0) is 13.3. The van der Waals surface area contributed by atoms with Crippen LogP contribution in [0, 0.1) is 13.8 Å². The molecule has 0 radical (unpaired) electrons. The molecule has 2 aromatic rings. The van der Waals surface area contributed by atoms with Crippen LogP contribution < -0.4 is 5.32 Å². The Bertz CT molecular complexity index is 594. The molecular formula is C14H16Cl2N2. The lowest BCUT2D eigenvalue weighted by Gasteiger charge is -2.12. The van der Waals surface area contributed by atoms with Crippen LogP contribution in [0.1, 0.15) is 24.5 Å². The highest BCUT2D eigenvalue weighted by atomic mass is 35.5. The summed E-state index contributed by atoms with van der Waals surface area (Å²) in [5.74, 6) is 0.881. The van der Waals surface area contributed by atoms with Crippen molar-refractivity contribution in [3.63, 3.8) is 0 Å². The number of hydrogen-bond donors (Lipinski definition) is 1. The van der Waals surface area contributed by atoms with Crippen LogP contribution in [0.25, 0.3) is 10.9 Å². The molecule has 0 spiro atoms. The number of halogens is 2. The van der Waals surface area contributed by atoms with E-state index in [2.05, 4.69) is 17.2 Å². The third-order valence-electron chi connectivity index (χ3n) is 2.91. The van der Waals surface area contributed by atoms with Gasteiger partial charge in [0.2, 0.25) is 0 Å². The van der Waals surface area contributed by atoms with Crippen LogP contribution in [-0.4, -0.2) is 11.5 Å². The molecule has 18 heavy (non-hydrogen) atoms. The minimum Gasteiger partial charge on any atom is -0.370 e. The molecule has 96 valence electrons. The zero-order valence-electron chi connectivity index (χ0n) is 10.8. The highest BCUT2D eigenvalue weighted by Crippen LogP contribution is 2.33. The largest absolute Gasteiger partial charge is 0.370 e. The summed E-state index contributed by atoms with van der Waals surface area (Å²) in [5.41, 5.74) is 2.82. The lowest BCUT2D eigenvalue weighted by molar-refractivity contribution is 0.968. The molecule has 4 heteroatoms. The second-order valence-corrected chi connectivity index (χ2v) is 5.25. The van der Waals surface area contributed by atoms with Crippen LogP contribution in [-0.2, 0) is 0 Å². The summed E-state index contributed by atoms with van der Waals surface area (Å²) in [6.07, 6.45) is 1.06. The van der Waals surface area contributed by atoms with Crippen molar-refractivity contribution < 1.29 is 0 Å². The van der Waals surface area contributed by atoms with Gasteiger partial charge in [-0.15, -0.1) is 0 Å². The molecule has 0 atom stereocenters. The van der Waals surface area contributed by atoms with Crippen molar-refractivity contribution in [3.05, 3.63) is 33.3 Å². The van der Waals surface area contributed by atoms with E-state index >= 15 is 0 Å². The van der Waals surface area contributed by atoms with Gasteiger partial charge in [0.25, 0.3) is 0 Å². The van der Waals surface area contributed by atoms with Gasteiger partial charge in [0, 0.05) is 11.9 Å². The van der Waals surface area contributed by atoms with Gasteiger partial charge in [0.15, 0.2) is 0 Å². The SMILES string of the molecule is CCCNc1nc2c(Cl)cc(C)c(Cl)c2cc1C. The number of rotatable bonds is 3. The summed E-state index contributed by atoms with van der Waals surface area (Å²) >= 11 is 12.6. The second-order valence-electron chi connectivity index (χ2n) is 4.47. The van der Waals surface area contributed by atoms with Gasteiger partial charge >= 0.3 is 0 Å². The molecule has 0 fully saturated rings. The number of benzene rings is 1. The van der Waals surface area contributed by atoms with E-state index in [1.54, 1.807) is 0 Å².